The Hall–Kier alpha value is -1.34. The van der Waals surface area contributed by atoms with E-state index >= 15 is 0 Å². The molecule has 1 N–H and O–H groups in total. The number of aromatic nitrogens is 2. The highest BCUT2D eigenvalue weighted by molar-refractivity contribution is 8.00. The van der Waals surface area contributed by atoms with Crippen LogP contribution in [0.4, 0.5) is 0 Å². The number of carboxylic acid groups (broad SMARTS) is 1. The van der Waals surface area contributed by atoms with Gasteiger partial charge in [0.05, 0.1) is 0 Å². The highest BCUT2D eigenvalue weighted by atomic mass is 32.2. The number of thiazole rings is 1. The van der Waals surface area contributed by atoms with E-state index in [1.807, 2.05) is 12.3 Å². The fourth-order valence-electron chi connectivity index (χ4n) is 0.856. The first-order valence-corrected chi connectivity index (χ1v) is 5.63. The van der Waals surface area contributed by atoms with Crippen LogP contribution in [0, 0.1) is 6.92 Å². The van der Waals surface area contributed by atoms with Crippen LogP contribution < -0.4 is 0 Å². The Balaban J connectivity index is 2.14. The van der Waals surface area contributed by atoms with Crippen LogP contribution in [0.3, 0.4) is 0 Å². The zero-order valence-corrected chi connectivity index (χ0v) is 9.26. The molecule has 7 heteroatoms. The topological polar surface area (TPSA) is 76.2 Å². The van der Waals surface area contributed by atoms with Gasteiger partial charge in [0.25, 0.3) is 5.22 Å². The second kappa shape index (κ2) is 4.03. The summed E-state index contributed by atoms with van der Waals surface area (Å²) in [5.74, 6) is -1.10. The molecule has 2 heterocycles. The molecule has 0 bridgehead atoms. The second-order valence-electron chi connectivity index (χ2n) is 2.66. The molecule has 0 fully saturated rings. The molecule has 15 heavy (non-hydrogen) atoms. The van der Waals surface area contributed by atoms with E-state index in [9.17, 15) is 4.79 Å². The number of carbonyl (C=O) groups is 1. The number of oxazole rings is 1. The zero-order chi connectivity index (χ0) is 10.8. The summed E-state index contributed by atoms with van der Waals surface area (Å²) in [6.07, 6.45) is 1.12. The van der Waals surface area contributed by atoms with Crippen LogP contribution >= 0.6 is 23.1 Å². The lowest BCUT2D eigenvalue weighted by molar-refractivity contribution is 0.0690. The molecule has 0 amide bonds. The van der Waals surface area contributed by atoms with Gasteiger partial charge in [-0.25, -0.2) is 9.78 Å². The third-order valence-corrected chi connectivity index (χ3v) is 3.39. The van der Waals surface area contributed by atoms with Crippen molar-refractivity contribution in [1.29, 1.82) is 0 Å². The maximum Gasteiger partial charge on any atom is 0.357 e. The predicted octanol–water partition coefficient (Wildman–Crippen LogP) is 2.29. The highest BCUT2D eigenvalue weighted by Crippen LogP contribution is 2.29. The van der Waals surface area contributed by atoms with E-state index in [0.29, 0.717) is 5.22 Å². The van der Waals surface area contributed by atoms with Crippen molar-refractivity contribution in [3.63, 3.8) is 0 Å². The Morgan fingerprint density at radius 1 is 1.60 bits per heavy atom. The van der Waals surface area contributed by atoms with Gasteiger partial charge in [0.2, 0.25) is 0 Å². The molecule has 5 nitrogen and oxygen atoms in total. The fraction of sp³-hybridized carbons (Fsp3) is 0.125. The summed E-state index contributed by atoms with van der Waals surface area (Å²) in [5.41, 5.74) is 0.832. The Kier molecular flexibility index (Phi) is 2.74. The van der Waals surface area contributed by atoms with Crippen molar-refractivity contribution in [3.8, 4) is 0 Å². The van der Waals surface area contributed by atoms with Crippen LogP contribution in [-0.2, 0) is 0 Å². The molecule has 0 saturated heterocycles. The smallest absolute Gasteiger partial charge is 0.357 e. The summed E-state index contributed by atoms with van der Waals surface area (Å²) in [5, 5.41) is 10.8. The lowest BCUT2D eigenvalue weighted by Crippen LogP contribution is -1.95. The van der Waals surface area contributed by atoms with Gasteiger partial charge in [-0.05, 0) is 6.92 Å². The fourth-order valence-corrected chi connectivity index (χ4v) is 2.51. The number of aromatic carboxylic acids is 1. The van der Waals surface area contributed by atoms with Crippen molar-refractivity contribution in [3.05, 3.63) is 23.0 Å². The van der Waals surface area contributed by atoms with Crippen molar-refractivity contribution < 1.29 is 14.3 Å². The zero-order valence-electron chi connectivity index (χ0n) is 7.63. The second-order valence-corrected chi connectivity index (χ2v) is 4.72. The number of rotatable bonds is 3. The van der Waals surface area contributed by atoms with Crippen molar-refractivity contribution in [2.75, 3.05) is 0 Å². The van der Waals surface area contributed by atoms with Gasteiger partial charge < -0.3 is 9.52 Å². The van der Waals surface area contributed by atoms with E-state index in [1.165, 1.54) is 23.1 Å². The molecule has 0 atom stereocenters. The molecule has 0 saturated carbocycles. The molecule has 78 valence electrons. The van der Waals surface area contributed by atoms with Crippen LogP contribution in [0.15, 0.2) is 25.6 Å². The maximum atomic E-state index is 10.5. The van der Waals surface area contributed by atoms with Crippen molar-refractivity contribution in [2.24, 2.45) is 0 Å². The third-order valence-electron chi connectivity index (χ3n) is 1.47. The van der Waals surface area contributed by atoms with Gasteiger partial charge in [-0.3, -0.25) is 0 Å². The SMILES string of the molecule is Cc1csc(Sc2nc(C(=O)O)co2)n1. The summed E-state index contributed by atoms with van der Waals surface area (Å²) >= 11 is 2.68. The average Bonchev–Trinajstić information content (AvgIpc) is 2.76. The summed E-state index contributed by atoms with van der Waals surface area (Å²) in [6.45, 7) is 1.89. The first kappa shape index (κ1) is 10.2. The molecule has 0 unspecified atom stereocenters. The van der Waals surface area contributed by atoms with E-state index in [-0.39, 0.29) is 5.69 Å². The molecule has 0 aromatic carbocycles. The number of hydrogen-bond acceptors (Lipinski definition) is 6. The van der Waals surface area contributed by atoms with E-state index < -0.39 is 5.97 Å². The lowest BCUT2D eigenvalue weighted by atomic mass is 10.5. The van der Waals surface area contributed by atoms with E-state index in [4.69, 9.17) is 9.52 Å². The lowest BCUT2D eigenvalue weighted by Gasteiger charge is -1.87. The molecule has 0 radical (unpaired) electrons. The summed E-state index contributed by atoms with van der Waals surface area (Å²) < 4.78 is 5.76. The number of nitrogens with zero attached hydrogens (tertiary/aromatic N) is 2. The van der Waals surface area contributed by atoms with Gasteiger partial charge in [0.15, 0.2) is 10.0 Å². The quantitative estimate of drug-likeness (QED) is 0.889. The normalized spacial score (nSPS) is 10.5. The van der Waals surface area contributed by atoms with Crippen molar-refractivity contribution in [2.45, 2.75) is 16.5 Å². The standard InChI is InChI=1S/C8H6N2O3S2/c1-4-3-14-8(9-4)15-7-10-5(2-13-7)6(11)12/h2-3H,1H3,(H,11,12). The number of aryl methyl sites for hydroxylation is 1. The largest absolute Gasteiger partial charge is 0.476 e. The monoisotopic (exact) mass is 242 g/mol. The Labute approximate surface area is 93.2 Å². The summed E-state index contributed by atoms with van der Waals surface area (Å²) in [6, 6.07) is 0. The molecule has 2 aromatic heterocycles. The van der Waals surface area contributed by atoms with Crippen LogP contribution in [0.2, 0.25) is 0 Å². The molecule has 2 rings (SSSR count). The predicted molar refractivity (Wildman–Crippen MR) is 54.4 cm³/mol. The first-order valence-electron chi connectivity index (χ1n) is 3.94. The van der Waals surface area contributed by atoms with Crippen LogP contribution in [0.1, 0.15) is 16.2 Å². The Morgan fingerprint density at radius 3 is 2.93 bits per heavy atom. The minimum atomic E-state index is -1.10. The molecule has 0 aliphatic heterocycles. The molecular weight excluding hydrogens is 236 g/mol. The third kappa shape index (κ3) is 2.37. The molecule has 0 aliphatic rings. The summed E-state index contributed by atoms with van der Waals surface area (Å²) in [7, 11) is 0. The van der Waals surface area contributed by atoms with Crippen molar-refractivity contribution in [1.82, 2.24) is 9.97 Å². The van der Waals surface area contributed by atoms with Gasteiger partial charge in [0, 0.05) is 22.8 Å². The molecular formula is C8H6N2O3S2. The minimum absolute atomic E-state index is 0.0919. The number of hydrogen-bond donors (Lipinski definition) is 1. The minimum Gasteiger partial charge on any atom is -0.476 e. The van der Waals surface area contributed by atoms with Gasteiger partial charge in [-0.1, -0.05) is 0 Å². The molecule has 2 aromatic rings. The molecule has 0 aliphatic carbocycles. The van der Waals surface area contributed by atoms with E-state index in [2.05, 4.69) is 9.97 Å². The Bertz CT molecular complexity index is 492. The van der Waals surface area contributed by atoms with Gasteiger partial charge in [0.1, 0.15) is 6.26 Å². The number of carboxylic acids is 1. The average molecular weight is 242 g/mol. The van der Waals surface area contributed by atoms with Crippen LogP contribution in [0.25, 0.3) is 0 Å². The van der Waals surface area contributed by atoms with E-state index in [1.54, 1.807) is 0 Å². The van der Waals surface area contributed by atoms with E-state index in [0.717, 1.165) is 16.3 Å². The van der Waals surface area contributed by atoms with Crippen LogP contribution in [0.5, 0.6) is 0 Å². The molecule has 0 spiro atoms. The summed E-state index contributed by atoms with van der Waals surface area (Å²) in [4.78, 5) is 18.5. The van der Waals surface area contributed by atoms with Gasteiger partial charge in [-0.15, -0.1) is 11.3 Å². The Morgan fingerprint density at radius 2 is 2.40 bits per heavy atom. The van der Waals surface area contributed by atoms with Gasteiger partial charge >= 0.3 is 5.97 Å². The van der Waals surface area contributed by atoms with Crippen LogP contribution in [-0.4, -0.2) is 21.0 Å². The van der Waals surface area contributed by atoms with Crippen molar-refractivity contribution >= 4 is 29.1 Å². The maximum absolute atomic E-state index is 10.5. The van der Waals surface area contributed by atoms with Gasteiger partial charge in [-0.2, -0.15) is 4.98 Å². The highest BCUT2D eigenvalue weighted by Gasteiger charge is 2.12. The first-order chi connectivity index (χ1) is 7.15.